The first kappa shape index (κ1) is 14.6. The van der Waals surface area contributed by atoms with Crippen molar-refractivity contribution in [3.63, 3.8) is 0 Å². The fourth-order valence-corrected chi connectivity index (χ4v) is 2.14. The molecular weight excluding hydrogens is 318 g/mol. The maximum Gasteiger partial charge on any atom is 0.251 e. The average molecular weight is 334 g/mol. The third-order valence-electron chi connectivity index (χ3n) is 2.98. The highest BCUT2D eigenvalue weighted by Gasteiger charge is 2.07. The van der Waals surface area contributed by atoms with E-state index in [0.717, 1.165) is 12.8 Å². The van der Waals surface area contributed by atoms with Crippen molar-refractivity contribution < 1.29 is 9.90 Å². The minimum atomic E-state index is -0.166. The second-order valence-electron chi connectivity index (χ2n) is 4.51. The Labute approximate surface area is 126 Å². The smallest absolute Gasteiger partial charge is 0.251 e. The first-order valence-electron chi connectivity index (χ1n) is 6.47. The Morgan fingerprint density at radius 2 is 1.90 bits per heavy atom. The Morgan fingerprint density at radius 1 is 1.15 bits per heavy atom. The van der Waals surface area contributed by atoms with Crippen molar-refractivity contribution in [3.05, 3.63) is 64.1 Å². The lowest BCUT2D eigenvalue weighted by Crippen LogP contribution is -2.24. The lowest BCUT2D eigenvalue weighted by molar-refractivity contribution is 0.0953. The van der Waals surface area contributed by atoms with Crippen LogP contribution in [0.5, 0.6) is 5.75 Å². The molecule has 1 amide bonds. The molecule has 0 aliphatic carbocycles. The first-order chi connectivity index (χ1) is 9.66. The number of phenols is 1. The third-order valence-corrected chi connectivity index (χ3v) is 3.65. The van der Waals surface area contributed by atoms with Crippen LogP contribution in [0.3, 0.4) is 0 Å². The van der Waals surface area contributed by atoms with Crippen LogP contribution in [-0.2, 0) is 6.42 Å². The van der Waals surface area contributed by atoms with Crippen molar-refractivity contribution in [1.82, 2.24) is 5.32 Å². The van der Waals surface area contributed by atoms with Crippen molar-refractivity contribution >= 4 is 21.8 Å². The number of nitrogens with one attached hydrogen (secondary N) is 1. The molecule has 0 bridgehead atoms. The van der Waals surface area contributed by atoms with Gasteiger partial charge in [-0.3, -0.25) is 4.79 Å². The third kappa shape index (κ3) is 4.10. The maximum atomic E-state index is 11.9. The summed E-state index contributed by atoms with van der Waals surface area (Å²) in [6.07, 6.45) is 1.82. The molecule has 0 aliphatic heterocycles. The number of hydrogen-bond donors (Lipinski definition) is 2. The van der Waals surface area contributed by atoms with Gasteiger partial charge >= 0.3 is 0 Å². The number of amides is 1. The molecule has 20 heavy (non-hydrogen) atoms. The molecule has 0 aliphatic rings. The molecular formula is C16H16BrNO2. The lowest BCUT2D eigenvalue weighted by Gasteiger charge is -2.06. The number of hydrogen-bond acceptors (Lipinski definition) is 2. The van der Waals surface area contributed by atoms with Crippen LogP contribution in [0.15, 0.2) is 53.0 Å². The Kier molecular flexibility index (Phi) is 5.18. The van der Waals surface area contributed by atoms with Gasteiger partial charge in [0.05, 0.1) is 4.47 Å². The van der Waals surface area contributed by atoms with Gasteiger partial charge in [-0.1, -0.05) is 30.3 Å². The minimum Gasteiger partial charge on any atom is -0.507 e. The molecule has 104 valence electrons. The summed E-state index contributed by atoms with van der Waals surface area (Å²) in [5, 5.41) is 12.4. The first-order valence-corrected chi connectivity index (χ1v) is 7.27. The van der Waals surface area contributed by atoms with Crippen molar-refractivity contribution in [2.45, 2.75) is 12.8 Å². The summed E-state index contributed by atoms with van der Waals surface area (Å²) in [7, 11) is 0. The van der Waals surface area contributed by atoms with Crippen LogP contribution < -0.4 is 5.32 Å². The van der Waals surface area contributed by atoms with Gasteiger partial charge in [-0.2, -0.15) is 0 Å². The molecule has 0 spiro atoms. The summed E-state index contributed by atoms with van der Waals surface area (Å²) in [6, 6.07) is 15.0. The summed E-state index contributed by atoms with van der Waals surface area (Å²) >= 11 is 3.19. The number of aryl methyl sites for hydroxylation is 1. The monoisotopic (exact) mass is 333 g/mol. The standard InChI is InChI=1S/C16H16BrNO2/c17-14-9-8-13(11-15(14)19)16(20)18-10-4-7-12-5-2-1-3-6-12/h1-3,5-6,8-9,11,19H,4,7,10H2,(H,18,20). The zero-order valence-electron chi connectivity index (χ0n) is 11.0. The molecule has 0 saturated heterocycles. The molecule has 0 heterocycles. The molecule has 0 saturated carbocycles. The highest BCUT2D eigenvalue weighted by atomic mass is 79.9. The van der Waals surface area contributed by atoms with Crippen LogP contribution >= 0.6 is 15.9 Å². The second kappa shape index (κ2) is 7.10. The SMILES string of the molecule is O=C(NCCCc1ccccc1)c1ccc(Br)c(O)c1. The van der Waals surface area contributed by atoms with Gasteiger partial charge < -0.3 is 10.4 Å². The fourth-order valence-electron chi connectivity index (χ4n) is 1.90. The molecule has 0 aromatic heterocycles. The summed E-state index contributed by atoms with van der Waals surface area (Å²) < 4.78 is 0.582. The van der Waals surface area contributed by atoms with Crippen LogP contribution in [0.1, 0.15) is 22.3 Å². The molecule has 0 unspecified atom stereocenters. The lowest BCUT2D eigenvalue weighted by atomic mass is 10.1. The number of rotatable bonds is 5. The van der Waals surface area contributed by atoms with Gasteiger partial charge in [0.15, 0.2) is 0 Å². The average Bonchev–Trinajstić information content (AvgIpc) is 2.47. The van der Waals surface area contributed by atoms with Gasteiger partial charge in [-0.25, -0.2) is 0 Å². The van der Waals surface area contributed by atoms with Gasteiger partial charge in [0.1, 0.15) is 5.75 Å². The van der Waals surface area contributed by atoms with E-state index in [0.29, 0.717) is 16.6 Å². The molecule has 3 nitrogen and oxygen atoms in total. The Bertz CT molecular complexity index is 584. The van der Waals surface area contributed by atoms with Crippen molar-refractivity contribution in [2.75, 3.05) is 6.54 Å². The van der Waals surface area contributed by atoms with E-state index in [1.165, 1.54) is 11.6 Å². The van der Waals surface area contributed by atoms with Crippen molar-refractivity contribution in [1.29, 1.82) is 0 Å². The summed E-state index contributed by atoms with van der Waals surface area (Å²) in [6.45, 7) is 0.616. The van der Waals surface area contributed by atoms with Gasteiger partial charge in [0, 0.05) is 12.1 Å². The topological polar surface area (TPSA) is 49.3 Å². The maximum absolute atomic E-state index is 11.9. The minimum absolute atomic E-state index is 0.0712. The highest BCUT2D eigenvalue weighted by molar-refractivity contribution is 9.10. The van der Waals surface area contributed by atoms with E-state index >= 15 is 0 Å². The number of aromatic hydroxyl groups is 1. The molecule has 2 rings (SSSR count). The van der Waals surface area contributed by atoms with Gasteiger partial charge in [-0.15, -0.1) is 0 Å². The predicted molar refractivity (Wildman–Crippen MR) is 82.9 cm³/mol. The van der Waals surface area contributed by atoms with Crippen molar-refractivity contribution in [3.8, 4) is 5.75 Å². The van der Waals surface area contributed by atoms with Crippen LogP contribution in [0, 0.1) is 0 Å². The molecule has 2 aromatic carbocycles. The number of carbonyl (C=O) groups excluding carboxylic acids is 1. The molecule has 2 aromatic rings. The summed E-state index contributed by atoms with van der Waals surface area (Å²) in [5.74, 6) is -0.0946. The number of phenolic OH excluding ortho intramolecular Hbond substituents is 1. The molecule has 0 atom stereocenters. The van der Waals surface area contributed by atoms with Gasteiger partial charge in [-0.05, 0) is 52.5 Å². The zero-order valence-corrected chi connectivity index (χ0v) is 12.6. The van der Waals surface area contributed by atoms with E-state index in [4.69, 9.17) is 0 Å². The van der Waals surface area contributed by atoms with E-state index in [9.17, 15) is 9.90 Å². The quantitative estimate of drug-likeness (QED) is 0.822. The van der Waals surface area contributed by atoms with E-state index in [1.807, 2.05) is 18.2 Å². The Morgan fingerprint density at radius 3 is 2.60 bits per heavy atom. The van der Waals surface area contributed by atoms with E-state index < -0.39 is 0 Å². The van der Waals surface area contributed by atoms with Crippen LogP contribution in [0.25, 0.3) is 0 Å². The molecule has 0 fully saturated rings. The van der Waals surface area contributed by atoms with Crippen LogP contribution in [0.4, 0.5) is 0 Å². The highest BCUT2D eigenvalue weighted by Crippen LogP contribution is 2.24. The van der Waals surface area contributed by atoms with Crippen LogP contribution in [-0.4, -0.2) is 17.6 Å². The Balaban J connectivity index is 1.79. The normalized spacial score (nSPS) is 10.2. The second-order valence-corrected chi connectivity index (χ2v) is 5.37. The predicted octanol–water partition coefficient (Wildman–Crippen LogP) is 3.52. The number of benzene rings is 2. The fraction of sp³-hybridized carbons (Fsp3) is 0.188. The number of halogens is 1. The summed E-state index contributed by atoms with van der Waals surface area (Å²) in [4.78, 5) is 11.9. The van der Waals surface area contributed by atoms with E-state index in [-0.39, 0.29) is 11.7 Å². The van der Waals surface area contributed by atoms with E-state index in [2.05, 4.69) is 33.4 Å². The molecule has 2 N–H and O–H groups in total. The van der Waals surface area contributed by atoms with Gasteiger partial charge in [0.25, 0.3) is 5.91 Å². The Hall–Kier alpha value is -1.81. The van der Waals surface area contributed by atoms with Gasteiger partial charge in [0.2, 0.25) is 0 Å². The summed E-state index contributed by atoms with van der Waals surface area (Å²) in [5.41, 5.74) is 1.73. The molecule has 4 heteroatoms. The van der Waals surface area contributed by atoms with Crippen LogP contribution in [0.2, 0.25) is 0 Å². The molecule has 0 radical (unpaired) electrons. The van der Waals surface area contributed by atoms with E-state index in [1.54, 1.807) is 12.1 Å². The van der Waals surface area contributed by atoms with Crippen molar-refractivity contribution in [2.24, 2.45) is 0 Å². The largest absolute Gasteiger partial charge is 0.507 e. The zero-order chi connectivity index (χ0) is 14.4. The number of carbonyl (C=O) groups is 1.